The number of Topliss-reactive ketones (excluding diaryl/α,β-unsaturated/α-hetero) is 4. The van der Waals surface area contributed by atoms with E-state index in [1.807, 2.05) is 43.4 Å². The second-order valence-corrected chi connectivity index (χ2v) is 38.9. The summed E-state index contributed by atoms with van der Waals surface area (Å²) in [5.41, 5.74) is 1.71. The second-order valence-electron chi connectivity index (χ2n) is 38.1. The van der Waals surface area contributed by atoms with Gasteiger partial charge in [-0.05, 0) is 219 Å². The average molecular weight is 1710 g/mol. The lowest BCUT2D eigenvalue weighted by Gasteiger charge is -2.62. The van der Waals surface area contributed by atoms with Crippen molar-refractivity contribution < 1.29 is 107 Å². The topological polar surface area (TPSA) is 352 Å². The first-order chi connectivity index (χ1) is 57.5. The molecular formula is C92H102BrN5O22. The minimum atomic E-state index is -1.19. The van der Waals surface area contributed by atoms with Gasteiger partial charge in [-0.15, -0.1) is 5.06 Å². The first-order valence-corrected chi connectivity index (χ1v) is 44.0. The lowest BCUT2D eigenvalue weighted by atomic mass is 9.49. The molecule has 0 amide bonds. The molecule has 26 rings (SSSR count). The maximum atomic E-state index is 12.8. The molecule has 10 bridgehead atoms. The zero-order valence-electron chi connectivity index (χ0n) is 68.2. The number of halogens is 1. The van der Waals surface area contributed by atoms with Crippen LogP contribution in [-0.4, -0.2) is 254 Å². The number of hydrogen-bond acceptors (Lipinski definition) is 27. The molecule has 634 valence electrons. The summed E-state index contributed by atoms with van der Waals surface area (Å²) >= 11 is 3.66. The van der Waals surface area contributed by atoms with Gasteiger partial charge in [-0.25, -0.2) is 0 Å². The third-order valence-corrected chi connectivity index (χ3v) is 34.4. The van der Waals surface area contributed by atoms with Crippen LogP contribution in [0.25, 0.3) is 0 Å². The fourth-order valence-corrected chi connectivity index (χ4v) is 28.8. The van der Waals surface area contributed by atoms with Crippen molar-refractivity contribution in [2.45, 2.75) is 258 Å². The Balaban J connectivity index is 0.0000000902. The van der Waals surface area contributed by atoms with Crippen LogP contribution in [-0.2, 0) is 92.8 Å². The number of carbonyl (C=O) groups is 6. The molecule has 11 aliphatic carbocycles. The van der Waals surface area contributed by atoms with Crippen molar-refractivity contribution in [3.63, 3.8) is 0 Å². The van der Waals surface area contributed by atoms with Gasteiger partial charge >= 0.3 is 5.97 Å². The number of phenols is 2. The van der Waals surface area contributed by atoms with Crippen LogP contribution in [0.1, 0.15) is 165 Å². The number of aliphatic hydroxyl groups is 5. The molecule has 5 saturated heterocycles. The van der Waals surface area contributed by atoms with Gasteiger partial charge in [-0.3, -0.25) is 38.6 Å². The first kappa shape index (κ1) is 77.8. The summed E-state index contributed by atoms with van der Waals surface area (Å²) in [6.07, 6.45) is 12.8. The zero-order chi connectivity index (χ0) is 83.2. The SMILES string of the molecule is CCC(=O)ON1CC[C@@]23c4c5ccc(OC)c4O[C@@H]2C(=O)CC[C@]3(O)C1C5.COc1cc(Br)c2c3c1O[C@@H]1C(=O)C=C[C@]4(O)C(C2)N(C)CC[C@@]314.COc1ccc2c3c1O[C@@H]1C(=O)CC[C@]4(O)C(C2)N(C)CC[C@@]314.O=C1CC[C@]2(O)C3Cc4ccc(O)c5c4[C@]2(CCN3)[C@@H]1O5.O=C1CC[C@]2(O)C3Cc4ccc(O)c5c4[C@]2(CCN3CC2CC2)[C@@H]1O5. The number of ketones is 5. The molecule has 120 heavy (non-hydrogen) atoms. The molecular weight excluding hydrogens is 1610 g/mol. The van der Waals surface area contributed by atoms with Crippen LogP contribution in [0.3, 0.4) is 0 Å². The summed E-state index contributed by atoms with van der Waals surface area (Å²) in [7, 11) is 8.91. The highest BCUT2D eigenvalue weighted by molar-refractivity contribution is 9.10. The number of piperidine rings is 5. The van der Waals surface area contributed by atoms with Gasteiger partial charge in [0.2, 0.25) is 0 Å². The van der Waals surface area contributed by atoms with Crippen molar-refractivity contribution >= 4 is 50.8 Å². The largest absolute Gasteiger partial charge is 0.504 e. The van der Waals surface area contributed by atoms with E-state index < -0.39 is 91.6 Å². The van der Waals surface area contributed by atoms with Crippen molar-refractivity contribution in [2.75, 3.05) is 74.7 Å². The first-order valence-electron chi connectivity index (χ1n) is 43.2. The van der Waals surface area contributed by atoms with Crippen LogP contribution in [0.2, 0.25) is 0 Å². The maximum absolute atomic E-state index is 12.8. The van der Waals surface area contributed by atoms with E-state index in [1.54, 1.807) is 51.5 Å². The van der Waals surface area contributed by atoms with E-state index in [-0.39, 0.29) is 83.4 Å². The Labute approximate surface area is 701 Å². The molecule has 10 aliphatic heterocycles. The molecule has 5 spiro atoms. The van der Waals surface area contributed by atoms with Crippen molar-refractivity contribution in [1.29, 1.82) is 0 Å². The molecule has 10 fully saturated rings. The van der Waals surface area contributed by atoms with Gasteiger partial charge in [-0.2, -0.15) is 0 Å². The highest BCUT2D eigenvalue weighted by Gasteiger charge is 2.79. The predicted octanol–water partition coefficient (Wildman–Crippen LogP) is 5.85. The van der Waals surface area contributed by atoms with Crippen molar-refractivity contribution in [1.82, 2.24) is 25.1 Å². The van der Waals surface area contributed by atoms with E-state index in [2.05, 4.69) is 49.1 Å². The number of carbonyl (C=O) groups excluding carboxylic acids is 6. The summed E-state index contributed by atoms with van der Waals surface area (Å²) in [4.78, 5) is 87.6. The highest BCUT2D eigenvalue weighted by atomic mass is 79.9. The van der Waals surface area contributed by atoms with Gasteiger partial charge < -0.3 is 88.7 Å². The van der Waals surface area contributed by atoms with Gasteiger partial charge in [0.1, 0.15) is 5.60 Å². The number of methoxy groups -OCH3 is 3. The molecule has 0 radical (unpaired) electrons. The van der Waals surface area contributed by atoms with Crippen LogP contribution in [0.5, 0.6) is 57.5 Å². The van der Waals surface area contributed by atoms with Crippen LogP contribution in [0, 0.1) is 5.92 Å². The smallest absolute Gasteiger partial charge is 0.324 e. The summed E-state index contributed by atoms with van der Waals surface area (Å²) in [5.74, 6) is 5.43. The monoisotopic (exact) mass is 1710 g/mol. The zero-order valence-corrected chi connectivity index (χ0v) is 69.8. The van der Waals surface area contributed by atoms with Gasteiger partial charge in [0.25, 0.3) is 0 Å². The predicted molar refractivity (Wildman–Crippen MR) is 430 cm³/mol. The van der Waals surface area contributed by atoms with Gasteiger partial charge in [0, 0.05) is 102 Å². The molecule has 28 heteroatoms. The van der Waals surface area contributed by atoms with E-state index in [0.717, 1.165) is 119 Å². The van der Waals surface area contributed by atoms with E-state index in [1.165, 1.54) is 24.5 Å². The third-order valence-electron chi connectivity index (χ3n) is 33.7. The number of likely N-dealkylation sites (tertiary alicyclic amines) is 3. The molecule has 10 heterocycles. The Bertz CT molecular complexity index is 5410. The molecule has 5 unspecified atom stereocenters. The molecule has 5 aromatic rings. The number of hydrogen-bond donors (Lipinski definition) is 8. The lowest BCUT2D eigenvalue weighted by Crippen LogP contribution is -2.76. The molecule has 20 atom stereocenters. The Kier molecular flexibility index (Phi) is 17.0. The molecule has 8 N–H and O–H groups in total. The van der Waals surface area contributed by atoms with Gasteiger partial charge in [0.05, 0.1) is 76.9 Å². The fourth-order valence-electron chi connectivity index (χ4n) is 28.2. The third kappa shape index (κ3) is 9.44. The van der Waals surface area contributed by atoms with Crippen molar-refractivity contribution in [3.05, 3.63) is 127 Å². The molecule has 5 aromatic carbocycles. The van der Waals surface area contributed by atoms with E-state index >= 15 is 0 Å². The Morgan fingerprint density at radius 2 is 0.933 bits per heavy atom. The van der Waals surface area contributed by atoms with E-state index in [4.69, 9.17) is 42.7 Å². The highest BCUT2D eigenvalue weighted by Crippen LogP contribution is 2.71. The van der Waals surface area contributed by atoms with Crippen LogP contribution >= 0.6 is 15.9 Å². The Morgan fingerprint density at radius 1 is 0.492 bits per heavy atom. The Hall–Kier alpha value is -8.26. The second kappa shape index (κ2) is 26.2. The van der Waals surface area contributed by atoms with E-state index in [9.17, 15) is 64.5 Å². The number of nitrogens with zero attached hydrogens (tertiary/aromatic N) is 4. The summed E-state index contributed by atoms with van der Waals surface area (Å²) in [6, 6.07) is 16.5. The number of aromatic hydroxyl groups is 2. The van der Waals surface area contributed by atoms with Gasteiger partial charge in [-0.1, -0.05) is 47.1 Å². The van der Waals surface area contributed by atoms with Crippen LogP contribution in [0.15, 0.2) is 71.2 Å². The summed E-state index contributed by atoms with van der Waals surface area (Å²) in [6.45, 7) is 6.61. The minimum Gasteiger partial charge on any atom is -0.504 e. The quantitative estimate of drug-likeness (QED) is 0.0947. The van der Waals surface area contributed by atoms with Crippen LogP contribution < -0.4 is 43.2 Å². The van der Waals surface area contributed by atoms with Crippen LogP contribution in [0.4, 0.5) is 0 Å². The minimum absolute atomic E-state index is 0.0172. The van der Waals surface area contributed by atoms with E-state index in [0.29, 0.717) is 136 Å². The molecule has 0 aromatic heterocycles. The average Bonchev–Trinajstić information content (AvgIpc) is 1.46. The molecule has 21 aliphatic rings. The van der Waals surface area contributed by atoms with Gasteiger partial charge in [0.15, 0.2) is 117 Å². The number of ether oxygens (including phenoxy) is 8. The molecule has 5 saturated carbocycles. The number of phenolic OH excluding ortho intramolecular Hbond substituents is 2. The number of hydroxylamine groups is 2. The number of benzene rings is 5. The number of nitrogens with one attached hydrogen (secondary N) is 1. The number of likely N-dealkylation sites (N-methyl/N-ethyl adjacent to an activating group) is 2. The van der Waals surface area contributed by atoms with Crippen molar-refractivity contribution in [3.8, 4) is 57.5 Å². The fraction of sp³-hybridized carbons (Fsp3) is 0.587. The maximum Gasteiger partial charge on any atom is 0.324 e. The summed E-state index contributed by atoms with van der Waals surface area (Å²) in [5, 5.41) is 84.4. The number of rotatable bonds is 7. The molecule has 27 nitrogen and oxygen atoms in total. The normalized spacial score (nSPS) is 39.7. The summed E-state index contributed by atoms with van der Waals surface area (Å²) < 4.78 is 47.8. The van der Waals surface area contributed by atoms with Crippen molar-refractivity contribution in [2.24, 2.45) is 5.92 Å². The Morgan fingerprint density at radius 3 is 1.48 bits per heavy atom. The standard InChI is InChI=1S/C20H23NO6.C20H23NO4.C18H18BrNO4.C18H21NO4.C16H17NO4/c1-3-15(23)27-21-9-8-19-16-11-4-5-13(25-2)17(16)26-18(19)12(22)6-7-20(19,24)14(21)10-11;22-13-4-3-12-9-15-20(24)6-5-14(23)18-19(20,16(12)17(13)25-18)7-8-21(15)10-11-1-2-11;1-20-6-5-17-14-9-7-13(20)18(17,22)4-3-11(21)16(17)24-15(14)12(23-2)8-10(9)19;1-19-8-7-17-14-10-3-4-12(22-2)15(14)23-16(17)11(20)5-6-18(17,21)13(19)9-10;18-9-2-1-8-7-11-16(20)4-3-10(19)14-15(16,5-6-17-11)12(8)13(9)21-14/h4-5,14,18,24H,3,6-10H2,1-2H3;3-4,11,15,18,22,24H,1-2,5-10H2;3-4,8,13,16,22H,5-7H2,1-2H3;3-4,13,16,21H,5-9H2,1-2H3;1-2,11,14,17-18,20H,3-7H2/t14?,18-,19-,20+;15?,18-,19-,20+;2*13?,16-,17-,18+;11?,14-,15-,16+/m11111/s1. The lowest BCUT2D eigenvalue weighted by molar-refractivity contribution is -0.269.